The Balaban J connectivity index is 2.95. The van der Waals surface area contributed by atoms with E-state index in [1.165, 1.54) is 0 Å². The molecule has 0 rings (SSSR count). The second-order valence-electron chi connectivity index (χ2n) is 2.40. The Labute approximate surface area is 56.8 Å². The standard InChI is InChI=1S/C7H16O2/c1-7(3-5-8)4-6-9-2/h7-8H,3-6H2,1-2H3/t7-/m1/s1. The van der Waals surface area contributed by atoms with Crippen molar-refractivity contribution in [1.29, 1.82) is 0 Å². The van der Waals surface area contributed by atoms with E-state index in [-0.39, 0.29) is 0 Å². The van der Waals surface area contributed by atoms with Crippen LogP contribution in [0.15, 0.2) is 0 Å². The van der Waals surface area contributed by atoms with Crippen LogP contribution in [0.2, 0.25) is 0 Å². The van der Waals surface area contributed by atoms with Crippen molar-refractivity contribution < 1.29 is 9.84 Å². The van der Waals surface area contributed by atoms with Crippen molar-refractivity contribution in [3.8, 4) is 0 Å². The first-order valence-electron chi connectivity index (χ1n) is 3.41. The number of hydrogen-bond donors (Lipinski definition) is 1. The summed E-state index contributed by atoms with van der Waals surface area (Å²) in [5.74, 6) is 0.593. The smallest absolute Gasteiger partial charge is 0.0464 e. The maximum absolute atomic E-state index is 8.50. The van der Waals surface area contributed by atoms with Crippen molar-refractivity contribution >= 4 is 0 Å². The zero-order valence-corrected chi connectivity index (χ0v) is 6.26. The van der Waals surface area contributed by atoms with Gasteiger partial charge >= 0.3 is 0 Å². The second-order valence-corrected chi connectivity index (χ2v) is 2.40. The number of ether oxygens (including phenoxy) is 1. The van der Waals surface area contributed by atoms with Gasteiger partial charge in [0.15, 0.2) is 0 Å². The number of methoxy groups -OCH3 is 1. The lowest BCUT2D eigenvalue weighted by molar-refractivity contribution is 0.169. The molecular formula is C7H16O2. The summed E-state index contributed by atoms with van der Waals surface area (Å²) in [4.78, 5) is 0. The molecule has 0 spiro atoms. The van der Waals surface area contributed by atoms with E-state index in [0.29, 0.717) is 12.5 Å². The molecule has 0 amide bonds. The summed E-state index contributed by atoms with van der Waals surface area (Å²) in [5, 5.41) is 8.50. The second kappa shape index (κ2) is 6.05. The third kappa shape index (κ3) is 5.80. The predicted molar refractivity (Wildman–Crippen MR) is 37.4 cm³/mol. The highest BCUT2D eigenvalue weighted by Crippen LogP contribution is 2.05. The average Bonchev–Trinajstić information content (AvgIpc) is 1.85. The zero-order valence-electron chi connectivity index (χ0n) is 6.26. The average molecular weight is 132 g/mol. The van der Waals surface area contributed by atoms with Gasteiger partial charge in [-0.05, 0) is 18.8 Å². The Morgan fingerprint density at radius 3 is 2.56 bits per heavy atom. The molecular weight excluding hydrogens is 116 g/mol. The number of rotatable bonds is 5. The van der Waals surface area contributed by atoms with E-state index in [1.807, 2.05) is 0 Å². The minimum atomic E-state index is 0.297. The van der Waals surface area contributed by atoms with Gasteiger partial charge in [-0.1, -0.05) is 6.92 Å². The maximum Gasteiger partial charge on any atom is 0.0464 e. The van der Waals surface area contributed by atoms with Crippen LogP contribution in [0, 0.1) is 5.92 Å². The molecule has 0 aromatic heterocycles. The lowest BCUT2D eigenvalue weighted by atomic mass is 10.1. The molecule has 0 saturated carbocycles. The SMILES string of the molecule is COCC[C@H](C)CCO. The number of hydrogen-bond acceptors (Lipinski definition) is 2. The largest absolute Gasteiger partial charge is 0.396 e. The summed E-state index contributed by atoms with van der Waals surface area (Å²) >= 11 is 0. The molecule has 1 N–H and O–H groups in total. The molecule has 2 heteroatoms. The van der Waals surface area contributed by atoms with E-state index in [1.54, 1.807) is 7.11 Å². The molecule has 0 heterocycles. The molecule has 0 saturated heterocycles. The van der Waals surface area contributed by atoms with Crippen molar-refractivity contribution in [2.75, 3.05) is 20.3 Å². The topological polar surface area (TPSA) is 29.5 Å². The van der Waals surface area contributed by atoms with Gasteiger partial charge in [-0.2, -0.15) is 0 Å². The zero-order chi connectivity index (χ0) is 7.11. The van der Waals surface area contributed by atoms with Crippen LogP contribution < -0.4 is 0 Å². The lowest BCUT2D eigenvalue weighted by Crippen LogP contribution is -2.01. The van der Waals surface area contributed by atoms with E-state index in [0.717, 1.165) is 19.4 Å². The molecule has 2 nitrogen and oxygen atoms in total. The minimum absolute atomic E-state index is 0.297. The van der Waals surface area contributed by atoms with Crippen molar-refractivity contribution in [3.63, 3.8) is 0 Å². The fraction of sp³-hybridized carbons (Fsp3) is 1.00. The summed E-state index contributed by atoms with van der Waals surface area (Å²) in [6.45, 7) is 3.22. The van der Waals surface area contributed by atoms with Crippen molar-refractivity contribution in [2.45, 2.75) is 19.8 Å². The van der Waals surface area contributed by atoms with E-state index >= 15 is 0 Å². The van der Waals surface area contributed by atoms with Crippen LogP contribution in [-0.4, -0.2) is 25.4 Å². The molecule has 1 atom stereocenters. The summed E-state index contributed by atoms with van der Waals surface area (Å²) in [6.07, 6.45) is 1.94. The summed E-state index contributed by atoms with van der Waals surface area (Å²) in [6, 6.07) is 0. The molecule has 56 valence electrons. The normalized spacial score (nSPS) is 13.7. The van der Waals surface area contributed by atoms with E-state index in [4.69, 9.17) is 9.84 Å². The highest BCUT2D eigenvalue weighted by atomic mass is 16.5. The van der Waals surface area contributed by atoms with E-state index in [2.05, 4.69) is 6.92 Å². The molecule has 0 aliphatic carbocycles. The molecule has 0 unspecified atom stereocenters. The first-order chi connectivity index (χ1) is 4.31. The minimum Gasteiger partial charge on any atom is -0.396 e. The first-order valence-corrected chi connectivity index (χ1v) is 3.41. The molecule has 0 fully saturated rings. The Bertz CT molecular complexity index is 54.9. The van der Waals surface area contributed by atoms with Crippen LogP contribution in [0.3, 0.4) is 0 Å². The Kier molecular flexibility index (Phi) is 5.99. The van der Waals surface area contributed by atoms with Crippen LogP contribution in [0.1, 0.15) is 19.8 Å². The molecule has 0 aliphatic rings. The first kappa shape index (κ1) is 8.92. The van der Waals surface area contributed by atoms with Crippen molar-refractivity contribution in [1.82, 2.24) is 0 Å². The van der Waals surface area contributed by atoms with Gasteiger partial charge < -0.3 is 9.84 Å². The van der Waals surface area contributed by atoms with Crippen LogP contribution in [-0.2, 0) is 4.74 Å². The van der Waals surface area contributed by atoms with Gasteiger partial charge in [0, 0.05) is 20.3 Å². The van der Waals surface area contributed by atoms with Gasteiger partial charge in [0.25, 0.3) is 0 Å². The monoisotopic (exact) mass is 132 g/mol. The lowest BCUT2D eigenvalue weighted by Gasteiger charge is -2.06. The van der Waals surface area contributed by atoms with Gasteiger partial charge in [-0.3, -0.25) is 0 Å². The van der Waals surface area contributed by atoms with Gasteiger partial charge in [0.2, 0.25) is 0 Å². The van der Waals surface area contributed by atoms with Gasteiger partial charge in [0.1, 0.15) is 0 Å². The number of aliphatic hydroxyl groups excluding tert-OH is 1. The van der Waals surface area contributed by atoms with Crippen LogP contribution in [0.25, 0.3) is 0 Å². The quantitative estimate of drug-likeness (QED) is 0.605. The van der Waals surface area contributed by atoms with Crippen LogP contribution in [0.5, 0.6) is 0 Å². The molecule has 9 heavy (non-hydrogen) atoms. The fourth-order valence-electron chi connectivity index (χ4n) is 0.684. The van der Waals surface area contributed by atoms with E-state index in [9.17, 15) is 0 Å². The summed E-state index contributed by atoms with van der Waals surface area (Å²) < 4.78 is 4.88. The predicted octanol–water partition coefficient (Wildman–Crippen LogP) is 1.04. The summed E-state index contributed by atoms with van der Waals surface area (Å²) in [5.41, 5.74) is 0. The van der Waals surface area contributed by atoms with Crippen molar-refractivity contribution in [3.05, 3.63) is 0 Å². The molecule has 0 bridgehead atoms. The third-order valence-corrected chi connectivity index (χ3v) is 1.44. The van der Waals surface area contributed by atoms with Gasteiger partial charge in [0.05, 0.1) is 0 Å². The Hall–Kier alpha value is -0.0800. The van der Waals surface area contributed by atoms with Gasteiger partial charge in [-0.15, -0.1) is 0 Å². The summed E-state index contributed by atoms with van der Waals surface area (Å²) in [7, 11) is 1.70. The van der Waals surface area contributed by atoms with Crippen LogP contribution >= 0.6 is 0 Å². The fourth-order valence-corrected chi connectivity index (χ4v) is 0.684. The van der Waals surface area contributed by atoms with Gasteiger partial charge in [-0.25, -0.2) is 0 Å². The molecule has 0 aromatic carbocycles. The maximum atomic E-state index is 8.50. The Morgan fingerprint density at radius 2 is 2.11 bits per heavy atom. The molecule has 0 aromatic rings. The Morgan fingerprint density at radius 1 is 1.44 bits per heavy atom. The van der Waals surface area contributed by atoms with Crippen molar-refractivity contribution in [2.24, 2.45) is 5.92 Å². The molecule has 0 radical (unpaired) electrons. The number of aliphatic hydroxyl groups is 1. The van der Waals surface area contributed by atoms with E-state index < -0.39 is 0 Å². The third-order valence-electron chi connectivity index (χ3n) is 1.44. The highest BCUT2D eigenvalue weighted by molar-refractivity contribution is 4.50. The highest BCUT2D eigenvalue weighted by Gasteiger charge is 1.98. The van der Waals surface area contributed by atoms with Crippen LogP contribution in [0.4, 0.5) is 0 Å². The molecule has 0 aliphatic heterocycles.